The Balaban J connectivity index is -0.000000428. The van der Waals surface area contributed by atoms with Crippen LogP contribution < -0.4 is 27.0 Å². The first kappa shape index (κ1) is 81.1. The number of ketones is 2. The van der Waals surface area contributed by atoms with Gasteiger partial charge in [-0.05, 0) is 57.8 Å². The van der Waals surface area contributed by atoms with E-state index in [1.54, 1.807) is 35.1 Å². The molecule has 0 saturated heterocycles. The minimum absolute atomic E-state index is 0. The summed E-state index contributed by atoms with van der Waals surface area (Å²) in [7, 11) is 6.34. The SMILES string of the molecule is C.CCC(=O)CCCCOCC(COCCCCC([NH-])=O)(COCCCCC(=O)NC)COCCCCC(=O)NC.CCC(=O)CCOCC(COCCC(N)=O)(COCCC(=O)NC)COCCC(=O)NC.[W].[W]. The zero-order valence-corrected chi connectivity index (χ0v) is 51.3. The molecule has 24 heteroatoms. The average molecular weight is 1420 g/mol. The van der Waals surface area contributed by atoms with Gasteiger partial charge in [0, 0.05) is 160 Å². The van der Waals surface area contributed by atoms with Crippen LogP contribution in [0.2, 0.25) is 0 Å². The molecule has 75 heavy (non-hydrogen) atoms. The van der Waals surface area contributed by atoms with Gasteiger partial charge >= 0.3 is 0 Å². The summed E-state index contributed by atoms with van der Waals surface area (Å²) in [6.45, 7) is 8.39. The molecule has 6 amide bonds. The van der Waals surface area contributed by atoms with E-state index < -0.39 is 22.6 Å². The maximum Gasteiger partial charge on any atom is 0.222 e. The molecule has 0 aromatic carbocycles. The zero-order valence-electron chi connectivity index (χ0n) is 45.5. The van der Waals surface area contributed by atoms with Crippen LogP contribution in [0.3, 0.4) is 0 Å². The molecule has 0 aliphatic carbocycles. The second-order valence-electron chi connectivity index (χ2n) is 17.6. The van der Waals surface area contributed by atoms with E-state index in [9.17, 15) is 38.4 Å². The number of ether oxygens (including phenoxy) is 8. The van der Waals surface area contributed by atoms with Gasteiger partial charge in [-0.2, -0.15) is 0 Å². The Morgan fingerprint density at radius 3 is 0.920 bits per heavy atom. The van der Waals surface area contributed by atoms with Gasteiger partial charge in [-0.1, -0.05) is 21.3 Å². The standard InChI is InChI=1S/C29H55N3O8.C21H39N3O8.CH4.2W/c1-4-25(33)13-5-9-17-37-21-29(22-38-18-10-6-14-26(30)34,23-39-19-11-7-15-27(35)31-2)24-40-20-12-8-16-28(36)32-3;1-4-17(25)5-9-29-13-21(14-30-10-6-18(22)26,15-31-11-7-19(27)23-2)16-32-12-8-20(28)24-3;;;/h4-24H2,1-3H3,(H4,30,31,32,34,35,36);4-16H2,1-3H3,(H2,22,26)(H,23,27)(H,24,28);1H4;;/p-1. The third kappa shape index (κ3) is 51.7. The summed E-state index contributed by atoms with van der Waals surface area (Å²) in [5.74, 6) is -0.982. The van der Waals surface area contributed by atoms with Gasteiger partial charge in [0.15, 0.2) is 0 Å². The summed E-state index contributed by atoms with van der Waals surface area (Å²) in [6.07, 6.45) is 9.24. The van der Waals surface area contributed by atoms with Crippen LogP contribution in [0.1, 0.15) is 137 Å². The first-order valence-electron chi connectivity index (χ1n) is 25.6. The van der Waals surface area contributed by atoms with Crippen LogP contribution in [-0.2, 0) is 118 Å². The van der Waals surface area contributed by atoms with Gasteiger partial charge in [0.05, 0.1) is 90.1 Å². The number of nitrogens with one attached hydrogen (secondary N) is 5. The molecule has 0 saturated carbocycles. The Hall–Kier alpha value is -2.78. The maximum atomic E-state index is 11.6. The van der Waals surface area contributed by atoms with E-state index in [4.69, 9.17) is 49.4 Å². The van der Waals surface area contributed by atoms with Crippen LogP contribution in [-0.4, -0.2) is 181 Å². The van der Waals surface area contributed by atoms with Crippen LogP contribution in [0, 0.1) is 10.8 Å². The van der Waals surface area contributed by atoms with Crippen molar-refractivity contribution in [3.63, 3.8) is 0 Å². The third-order valence-corrected chi connectivity index (χ3v) is 11.0. The molecule has 0 fully saturated rings. The monoisotopic (exact) mass is 1420 g/mol. The molecule has 0 heterocycles. The van der Waals surface area contributed by atoms with Crippen molar-refractivity contribution in [1.82, 2.24) is 21.3 Å². The zero-order chi connectivity index (χ0) is 54.1. The van der Waals surface area contributed by atoms with Crippen molar-refractivity contribution in [2.24, 2.45) is 16.6 Å². The Labute approximate surface area is 477 Å². The van der Waals surface area contributed by atoms with Gasteiger partial charge < -0.3 is 75.4 Å². The van der Waals surface area contributed by atoms with Crippen molar-refractivity contribution in [3.8, 4) is 0 Å². The summed E-state index contributed by atoms with van der Waals surface area (Å²) in [4.78, 5) is 90.8. The van der Waals surface area contributed by atoms with Crippen LogP contribution in [0.5, 0.6) is 0 Å². The molecular formula is C51H97N6O16W2-. The fourth-order valence-electron chi connectivity index (χ4n) is 6.35. The number of primary amides is 1. The van der Waals surface area contributed by atoms with E-state index in [2.05, 4.69) is 21.3 Å². The van der Waals surface area contributed by atoms with Crippen molar-refractivity contribution in [2.45, 2.75) is 137 Å². The molecule has 440 valence electrons. The average Bonchev–Trinajstić information content (AvgIpc) is 3.37. The number of carbonyl (C=O) groups is 8. The first-order valence-corrected chi connectivity index (χ1v) is 25.6. The Kier molecular flexibility index (Phi) is 60.5. The second-order valence-corrected chi connectivity index (χ2v) is 17.6. The van der Waals surface area contributed by atoms with Gasteiger partial charge in [-0.3, -0.25) is 33.6 Å². The van der Waals surface area contributed by atoms with Crippen molar-refractivity contribution >= 4 is 47.0 Å². The quantitative estimate of drug-likeness (QED) is 0.0539. The summed E-state index contributed by atoms with van der Waals surface area (Å²) in [5.41, 5.74) is 10.9. The van der Waals surface area contributed by atoms with E-state index in [0.717, 1.165) is 38.5 Å². The summed E-state index contributed by atoms with van der Waals surface area (Å²) in [5, 5.41) is 10.3. The number of carbonyl (C=O) groups excluding carboxylic acids is 8. The predicted octanol–water partition coefficient (Wildman–Crippen LogP) is 3.96. The van der Waals surface area contributed by atoms with Crippen LogP contribution in [0.25, 0.3) is 5.73 Å². The molecule has 0 aromatic rings. The van der Waals surface area contributed by atoms with Crippen molar-refractivity contribution in [3.05, 3.63) is 5.73 Å². The fraction of sp³-hybridized carbons (Fsp3) is 0.843. The molecule has 7 N–H and O–H groups in total. The Bertz CT molecular complexity index is 1360. The van der Waals surface area contributed by atoms with E-state index in [0.29, 0.717) is 104 Å². The molecule has 22 nitrogen and oxygen atoms in total. The van der Waals surface area contributed by atoms with E-state index in [1.807, 2.05) is 6.92 Å². The summed E-state index contributed by atoms with van der Waals surface area (Å²) < 4.78 is 46.9. The molecule has 0 atom stereocenters. The second kappa shape index (κ2) is 56.0. The topological polar surface area (TPSA) is 308 Å². The third-order valence-electron chi connectivity index (χ3n) is 11.0. The number of unbranched alkanes of at least 4 members (excludes halogenated alkanes) is 4. The van der Waals surface area contributed by atoms with E-state index >= 15 is 0 Å². The van der Waals surface area contributed by atoms with Gasteiger partial charge in [0.1, 0.15) is 11.6 Å². The molecule has 0 aliphatic heterocycles. The minimum Gasteiger partial charge on any atom is -0.668 e. The molecule has 0 radical (unpaired) electrons. The Morgan fingerprint density at radius 2 is 0.627 bits per heavy atom. The van der Waals surface area contributed by atoms with Crippen molar-refractivity contribution < 1.29 is 118 Å². The molecular weight excluding hydrogens is 1320 g/mol. The van der Waals surface area contributed by atoms with Crippen LogP contribution in [0.4, 0.5) is 0 Å². The molecule has 0 aromatic heterocycles. The largest absolute Gasteiger partial charge is 0.668 e. The van der Waals surface area contributed by atoms with E-state index in [1.165, 1.54) is 0 Å². The smallest absolute Gasteiger partial charge is 0.222 e. The number of hydrogen-bond acceptors (Lipinski definition) is 16. The molecule has 0 aliphatic rings. The van der Waals surface area contributed by atoms with E-state index in [-0.39, 0.29) is 163 Å². The van der Waals surface area contributed by atoms with Crippen LogP contribution in [0.15, 0.2) is 0 Å². The van der Waals surface area contributed by atoms with Crippen LogP contribution >= 0.6 is 0 Å². The summed E-state index contributed by atoms with van der Waals surface area (Å²) >= 11 is 0. The number of nitrogens with two attached hydrogens (primary N) is 1. The molecule has 0 rings (SSSR count). The van der Waals surface area contributed by atoms with Gasteiger partial charge in [0.2, 0.25) is 29.5 Å². The van der Waals surface area contributed by atoms with Gasteiger partial charge in [-0.15, -0.1) is 0 Å². The maximum absolute atomic E-state index is 11.6. The van der Waals surface area contributed by atoms with Crippen molar-refractivity contribution in [2.75, 3.05) is 134 Å². The molecule has 0 bridgehead atoms. The number of amides is 6. The Morgan fingerprint density at radius 1 is 0.373 bits per heavy atom. The minimum atomic E-state index is -0.766. The molecule has 0 spiro atoms. The normalized spacial score (nSPS) is 10.9. The van der Waals surface area contributed by atoms with Crippen molar-refractivity contribution in [1.29, 1.82) is 0 Å². The first-order chi connectivity index (χ1) is 34.6. The fourth-order valence-corrected chi connectivity index (χ4v) is 6.35. The number of rotatable bonds is 50. The number of Topliss-reactive ketones (excluding diaryl/α,β-unsaturated/α-hetero) is 2. The van der Waals surface area contributed by atoms with Gasteiger partial charge in [0.25, 0.3) is 0 Å². The number of hydrogen-bond donors (Lipinski definition) is 5. The molecule has 0 unspecified atom stereocenters. The van der Waals surface area contributed by atoms with Gasteiger partial charge in [-0.25, -0.2) is 0 Å². The summed E-state index contributed by atoms with van der Waals surface area (Å²) in [6, 6.07) is 0. The predicted molar refractivity (Wildman–Crippen MR) is 277 cm³/mol.